The van der Waals surface area contributed by atoms with Crippen LogP contribution in [0.25, 0.3) is 0 Å². The van der Waals surface area contributed by atoms with Crippen molar-refractivity contribution in [2.24, 2.45) is 0 Å². The first kappa shape index (κ1) is 28.9. The summed E-state index contributed by atoms with van der Waals surface area (Å²) in [7, 11) is -6.20. The maximum absolute atomic E-state index is 14.5. The van der Waals surface area contributed by atoms with Crippen molar-refractivity contribution in [1.29, 1.82) is 0 Å². The van der Waals surface area contributed by atoms with Crippen LogP contribution in [0.2, 0.25) is 0 Å². The first-order valence-corrected chi connectivity index (χ1v) is 15.4. The lowest BCUT2D eigenvalue weighted by Crippen LogP contribution is -2.47. The van der Waals surface area contributed by atoms with Crippen LogP contribution >= 0.6 is 0 Å². The summed E-state index contributed by atoms with van der Waals surface area (Å²) < 4.78 is 79.6. The molecule has 1 spiro atoms. The maximum atomic E-state index is 14.5. The molecule has 0 aliphatic carbocycles. The number of hydrogen-bond donors (Lipinski definition) is 3. The zero-order valence-electron chi connectivity index (χ0n) is 21.4. The summed E-state index contributed by atoms with van der Waals surface area (Å²) in [6.45, 7) is 2.65. The van der Waals surface area contributed by atoms with Gasteiger partial charge in [-0.05, 0) is 57.0 Å². The van der Waals surface area contributed by atoms with E-state index in [2.05, 4.69) is 10.0 Å². The predicted molar refractivity (Wildman–Crippen MR) is 138 cm³/mol. The molecule has 0 bridgehead atoms. The molecule has 2 aliphatic heterocycles. The van der Waals surface area contributed by atoms with Gasteiger partial charge in [0.25, 0.3) is 0 Å². The van der Waals surface area contributed by atoms with Crippen LogP contribution in [0.3, 0.4) is 0 Å². The second-order valence-electron chi connectivity index (χ2n) is 9.74. The molecule has 2 aromatic rings. The molecule has 1 unspecified atom stereocenters. The molecule has 2 heterocycles. The van der Waals surface area contributed by atoms with Crippen LogP contribution < -0.4 is 14.8 Å². The fraction of sp³-hybridized carbons (Fsp3) is 0.520. The Bertz CT molecular complexity index is 1350. The van der Waals surface area contributed by atoms with E-state index >= 15 is 0 Å². The highest BCUT2D eigenvalue weighted by atomic mass is 32.2. The summed E-state index contributed by atoms with van der Waals surface area (Å²) in [6.07, 6.45) is 0.814. The van der Waals surface area contributed by atoms with Gasteiger partial charge in [-0.2, -0.15) is 4.31 Å². The molecule has 2 aromatic carbocycles. The van der Waals surface area contributed by atoms with Crippen LogP contribution in [0.15, 0.2) is 52.3 Å². The van der Waals surface area contributed by atoms with E-state index in [0.29, 0.717) is 31.6 Å². The molecule has 10 nitrogen and oxygen atoms in total. The molecule has 4 rings (SSSR count). The number of aryl methyl sites for hydroxylation is 1. The highest BCUT2D eigenvalue weighted by Gasteiger charge is 2.45. The van der Waals surface area contributed by atoms with Crippen molar-refractivity contribution in [1.82, 2.24) is 14.3 Å². The first-order valence-electron chi connectivity index (χ1n) is 12.4. The summed E-state index contributed by atoms with van der Waals surface area (Å²) in [5, 5.41) is 13.6. The summed E-state index contributed by atoms with van der Waals surface area (Å²) in [4.78, 5) is -0.228. The Morgan fingerprint density at radius 2 is 1.89 bits per heavy atom. The van der Waals surface area contributed by atoms with Crippen molar-refractivity contribution >= 4 is 20.0 Å². The van der Waals surface area contributed by atoms with Gasteiger partial charge in [-0.3, -0.25) is 0 Å². The van der Waals surface area contributed by atoms with E-state index in [1.165, 1.54) is 48.6 Å². The van der Waals surface area contributed by atoms with Gasteiger partial charge >= 0.3 is 0 Å². The highest BCUT2D eigenvalue weighted by Crippen LogP contribution is 2.37. The molecule has 210 valence electrons. The fourth-order valence-electron chi connectivity index (χ4n) is 4.82. The number of ether oxygens (including phenoxy) is 2. The van der Waals surface area contributed by atoms with Crippen LogP contribution in [0, 0.1) is 12.7 Å². The minimum absolute atomic E-state index is 0.0221. The van der Waals surface area contributed by atoms with E-state index in [-0.39, 0.29) is 47.6 Å². The van der Waals surface area contributed by atoms with Gasteiger partial charge in [-0.15, -0.1) is 0 Å². The minimum atomic E-state index is -3.93. The van der Waals surface area contributed by atoms with Gasteiger partial charge < -0.3 is 19.9 Å². The molecule has 0 radical (unpaired) electrons. The Morgan fingerprint density at radius 3 is 2.61 bits per heavy atom. The van der Waals surface area contributed by atoms with Crippen molar-refractivity contribution in [3.8, 4) is 5.75 Å². The van der Waals surface area contributed by atoms with E-state index in [4.69, 9.17) is 9.47 Å². The Kier molecular flexibility index (Phi) is 8.77. The SMILES string of the molecule is CNS(=O)(=O)c1cccc(OC[C@@H](O)CNC2COC3(CCN(S(=O)(=O)c4cccc(C)c4F)CC3)C2)c1. The van der Waals surface area contributed by atoms with Gasteiger partial charge in [0.2, 0.25) is 20.0 Å². The molecular weight excluding hydrogens is 537 g/mol. The molecule has 2 atom stereocenters. The predicted octanol–water partition coefficient (Wildman–Crippen LogP) is 1.38. The van der Waals surface area contributed by atoms with E-state index in [9.17, 15) is 26.3 Å². The van der Waals surface area contributed by atoms with E-state index in [0.717, 1.165) is 0 Å². The van der Waals surface area contributed by atoms with Gasteiger partial charge in [0.05, 0.1) is 17.1 Å². The van der Waals surface area contributed by atoms with E-state index in [1.807, 2.05) is 0 Å². The largest absolute Gasteiger partial charge is 0.491 e. The van der Waals surface area contributed by atoms with Crippen LogP contribution in [0.1, 0.15) is 24.8 Å². The number of aliphatic hydroxyl groups is 1. The number of halogens is 1. The lowest BCUT2D eigenvalue weighted by atomic mass is 9.88. The van der Waals surface area contributed by atoms with Gasteiger partial charge in [0, 0.05) is 31.7 Å². The number of sulfonamides is 2. The van der Waals surface area contributed by atoms with Gasteiger partial charge in [0.15, 0.2) is 0 Å². The minimum Gasteiger partial charge on any atom is -0.491 e. The number of piperidine rings is 1. The monoisotopic (exact) mass is 571 g/mol. The third-order valence-corrected chi connectivity index (χ3v) is 10.4. The molecule has 0 amide bonds. The van der Waals surface area contributed by atoms with Gasteiger partial charge in [-0.25, -0.2) is 25.9 Å². The molecule has 2 aliphatic rings. The Labute approximate surface area is 223 Å². The topological polar surface area (TPSA) is 134 Å². The fourth-order valence-corrected chi connectivity index (χ4v) is 7.16. The molecule has 0 saturated carbocycles. The third kappa shape index (κ3) is 6.36. The molecule has 38 heavy (non-hydrogen) atoms. The standard InChI is InChI=1S/C25H34FN3O7S2/c1-18-5-3-8-23(24(18)26)38(33,34)29-11-9-25(10-12-29)14-19(16-36-25)28-15-20(30)17-35-21-6-4-7-22(13-21)37(31,32)27-2/h3-8,13,19-20,27-28,30H,9-12,14-17H2,1-2H3/t19?,20-/m0/s1. The number of benzene rings is 2. The van der Waals surface area contributed by atoms with E-state index < -0.39 is 37.6 Å². The van der Waals surface area contributed by atoms with Crippen LogP contribution in [-0.4, -0.2) is 83.9 Å². The van der Waals surface area contributed by atoms with Crippen molar-refractivity contribution in [2.75, 3.05) is 39.9 Å². The quantitative estimate of drug-likeness (QED) is 0.390. The lowest BCUT2D eigenvalue weighted by molar-refractivity contribution is -0.0312. The molecule has 3 N–H and O–H groups in total. The summed E-state index contributed by atoms with van der Waals surface area (Å²) >= 11 is 0. The van der Waals surface area contributed by atoms with Crippen molar-refractivity contribution in [3.63, 3.8) is 0 Å². The Hall–Kier alpha value is -2.13. The molecule has 13 heteroatoms. The van der Waals surface area contributed by atoms with E-state index in [1.54, 1.807) is 12.1 Å². The van der Waals surface area contributed by atoms with Crippen LogP contribution in [-0.2, 0) is 24.8 Å². The molecule has 0 aromatic heterocycles. The average molecular weight is 572 g/mol. The number of hydrogen-bond acceptors (Lipinski definition) is 8. The second-order valence-corrected chi connectivity index (χ2v) is 13.5. The number of aliphatic hydroxyl groups excluding tert-OH is 1. The normalized spacial score (nSPS) is 21.0. The highest BCUT2D eigenvalue weighted by molar-refractivity contribution is 7.89. The van der Waals surface area contributed by atoms with Crippen LogP contribution in [0.5, 0.6) is 5.75 Å². The number of rotatable bonds is 10. The Morgan fingerprint density at radius 1 is 1.18 bits per heavy atom. The summed E-state index contributed by atoms with van der Waals surface area (Å²) in [6, 6.07) is 10.4. The zero-order valence-corrected chi connectivity index (χ0v) is 23.0. The molecule has 2 saturated heterocycles. The third-order valence-electron chi connectivity index (χ3n) is 7.09. The first-order chi connectivity index (χ1) is 18.0. The molecule has 2 fully saturated rings. The average Bonchev–Trinajstić information content (AvgIpc) is 3.30. The number of nitrogens with zero attached hydrogens (tertiary/aromatic N) is 1. The van der Waals surface area contributed by atoms with Crippen molar-refractivity contribution in [3.05, 3.63) is 53.8 Å². The lowest BCUT2D eigenvalue weighted by Gasteiger charge is -2.38. The second kappa shape index (κ2) is 11.5. The summed E-state index contributed by atoms with van der Waals surface area (Å²) in [5.41, 5.74) is -0.175. The number of nitrogens with one attached hydrogen (secondary N) is 2. The smallest absolute Gasteiger partial charge is 0.245 e. The zero-order chi connectivity index (χ0) is 27.6. The molecular formula is C25H34FN3O7S2. The van der Waals surface area contributed by atoms with Crippen LogP contribution in [0.4, 0.5) is 4.39 Å². The van der Waals surface area contributed by atoms with Gasteiger partial charge in [0.1, 0.15) is 29.2 Å². The Balaban J connectivity index is 1.24. The maximum Gasteiger partial charge on any atom is 0.245 e. The van der Waals surface area contributed by atoms with Crippen molar-refractivity contribution in [2.45, 2.75) is 53.7 Å². The summed E-state index contributed by atoms with van der Waals surface area (Å²) in [5.74, 6) is -0.386. The van der Waals surface area contributed by atoms with Crippen molar-refractivity contribution < 1.29 is 35.8 Å². The van der Waals surface area contributed by atoms with Gasteiger partial charge in [-0.1, -0.05) is 18.2 Å².